The molecule has 0 aliphatic rings. The maximum atomic E-state index is 8.94. The average Bonchev–Trinajstić information content (AvgIpc) is 2.38. The van der Waals surface area contributed by atoms with Crippen LogP contribution in [0.1, 0.15) is 16.7 Å². The van der Waals surface area contributed by atoms with E-state index in [-0.39, 0.29) is 0 Å². The second-order valence-electron chi connectivity index (χ2n) is 3.79. The molecule has 2 aromatic rings. The van der Waals surface area contributed by atoms with Crippen LogP contribution >= 0.6 is 0 Å². The Kier molecular flexibility index (Phi) is 3.37. The molecule has 84 valence electrons. The summed E-state index contributed by atoms with van der Waals surface area (Å²) in [6.45, 7) is 2.75. The molecular weight excluding hydrogens is 210 g/mol. The van der Waals surface area contributed by atoms with Crippen LogP contribution in [0.3, 0.4) is 0 Å². The van der Waals surface area contributed by atoms with Crippen LogP contribution < -0.4 is 5.32 Å². The number of hydrogen-bond donors (Lipinski definition) is 1. The number of anilines is 1. The Labute approximate surface area is 101 Å². The van der Waals surface area contributed by atoms with Crippen molar-refractivity contribution in [2.45, 2.75) is 13.5 Å². The second kappa shape index (κ2) is 5.13. The number of nitrogens with zero attached hydrogens (tertiary/aromatic N) is 2. The average molecular weight is 223 g/mol. The van der Waals surface area contributed by atoms with Gasteiger partial charge in [-0.25, -0.2) is 4.98 Å². The number of pyridine rings is 1. The summed E-state index contributed by atoms with van der Waals surface area (Å²) in [7, 11) is 0. The third-order valence-corrected chi connectivity index (χ3v) is 2.64. The van der Waals surface area contributed by atoms with E-state index in [2.05, 4.69) is 35.4 Å². The zero-order valence-electron chi connectivity index (χ0n) is 9.64. The SMILES string of the molecule is Cc1ccccc1CNc1ncccc1C#N. The van der Waals surface area contributed by atoms with Crippen molar-refractivity contribution in [3.05, 3.63) is 59.3 Å². The number of aryl methyl sites for hydroxylation is 1. The number of rotatable bonds is 3. The summed E-state index contributed by atoms with van der Waals surface area (Å²) in [6, 6.07) is 13.8. The molecular formula is C14H13N3. The maximum absolute atomic E-state index is 8.94. The standard InChI is InChI=1S/C14H13N3/c1-11-5-2-3-6-13(11)10-17-14-12(9-15)7-4-8-16-14/h2-8H,10H2,1H3,(H,16,17). The van der Waals surface area contributed by atoms with E-state index < -0.39 is 0 Å². The predicted molar refractivity (Wildman–Crippen MR) is 67.5 cm³/mol. The molecule has 0 aliphatic carbocycles. The first-order valence-electron chi connectivity index (χ1n) is 5.45. The van der Waals surface area contributed by atoms with Gasteiger partial charge in [0.15, 0.2) is 0 Å². The largest absolute Gasteiger partial charge is 0.365 e. The lowest BCUT2D eigenvalue weighted by Gasteiger charge is -2.08. The molecule has 3 nitrogen and oxygen atoms in total. The molecule has 17 heavy (non-hydrogen) atoms. The summed E-state index contributed by atoms with van der Waals surface area (Å²) >= 11 is 0. The van der Waals surface area contributed by atoms with Crippen molar-refractivity contribution in [3.63, 3.8) is 0 Å². The van der Waals surface area contributed by atoms with Crippen LogP contribution in [0.25, 0.3) is 0 Å². The Morgan fingerprint density at radius 2 is 2.06 bits per heavy atom. The fourth-order valence-corrected chi connectivity index (χ4v) is 1.62. The number of hydrogen-bond acceptors (Lipinski definition) is 3. The Morgan fingerprint density at radius 3 is 2.82 bits per heavy atom. The lowest BCUT2D eigenvalue weighted by Crippen LogP contribution is -2.04. The predicted octanol–water partition coefficient (Wildman–Crippen LogP) is 2.87. The molecule has 1 aromatic carbocycles. The molecule has 0 unspecified atom stereocenters. The van der Waals surface area contributed by atoms with E-state index in [0.717, 1.165) is 0 Å². The summed E-state index contributed by atoms with van der Waals surface area (Å²) in [6.07, 6.45) is 1.68. The number of benzene rings is 1. The molecule has 0 radical (unpaired) electrons. The summed E-state index contributed by atoms with van der Waals surface area (Å²) in [5.74, 6) is 0.637. The molecule has 0 amide bonds. The molecule has 3 heteroatoms. The lowest BCUT2D eigenvalue weighted by molar-refractivity contribution is 1.09. The van der Waals surface area contributed by atoms with Crippen LogP contribution in [0.4, 0.5) is 5.82 Å². The van der Waals surface area contributed by atoms with E-state index in [0.29, 0.717) is 17.9 Å². The smallest absolute Gasteiger partial charge is 0.144 e. The van der Waals surface area contributed by atoms with Crippen LogP contribution in [0, 0.1) is 18.3 Å². The van der Waals surface area contributed by atoms with Crippen molar-refractivity contribution >= 4 is 5.82 Å². The molecule has 1 heterocycles. The summed E-state index contributed by atoms with van der Waals surface area (Å²) < 4.78 is 0. The number of nitriles is 1. The van der Waals surface area contributed by atoms with Gasteiger partial charge in [0.25, 0.3) is 0 Å². The van der Waals surface area contributed by atoms with E-state index in [1.165, 1.54) is 11.1 Å². The first-order chi connectivity index (χ1) is 8.31. The van der Waals surface area contributed by atoms with Crippen LogP contribution in [0.15, 0.2) is 42.6 Å². The van der Waals surface area contributed by atoms with E-state index in [1.54, 1.807) is 18.3 Å². The molecule has 0 fully saturated rings. The number of aromatic nitrogens is 1. The van der Waals surface area contributed by atoms with Crippen molar-refractivity contribution in [3.8, 4) is 6.07 Å². The Hall–Kier alpha value is -2.34. The minimum Gasteiger partial charge on any atom is -0.365 e. The fourth-order valence-electron chi connectivity index (χ4n) is 1.62. The second-order valence-corrected chi connectivity index (χ2v) is 3.79. The lowest BCUT2D eigenvalue weighted by atomic mass is 10.1. The van der Waals surface area contributed by atoms with Gasteiger partial charge in [0, 0.05) is 12.7 Å². The van der Waals surface area contributed by atoms with Gasteiger partial charge in [-0.1, -0.05) is 24.3 Å². The van der Waals surface area contributed by atoms with Gasteiger partial charge in [0.1, 0.15) is 11.9 Å². The zero-order valence-corrected chi connectivity index (χ0v) is 9.64. The van der Waals surface area contributed by atoms with Gasteiger partial charge >= 0.3 is 0 Å². The van der Waals surface area contributed by atoms with Crippen LogP contribution in [0.5, 0.6) is 0 Å². The van der Waals surface area contributed by atoms with E-state index in [1.807, 2.05) is 12.1 Å². The first kappa shape index (κ1) is 11.2. The molecule has 1 N–H and O–H groups in total. The molecule has 0 atom stereocenters. The minimum atomic E-state index is 0.570. The third kappa shape index (κ3) is 2.61. The molecule has 0 saturated carbocycles. The fraction of sp³-hybridized carbons (Fsp3) is 0.143. The Morgan fingerprint density at radius 1 is 1.24 bits per heavy atom. The Balaban J connectivity index is 2.13. The van der Waals surface area contributed by atoms with Crippen molar-refractivity contribution in [1.29, 1.82) is 5.26 Å². The van der Waals surface area contributed by atoms with Crippen molar-refractivity contribution in [2.24, 2.45) is 0 Å². The van der Waals surface area contributed by atoms with E-state index >= 15 is 0 Å². The highest BCUT2D eigenvalue weighted by atomic mass is 15.0. The third-order valence-electron chi connectivity index (χ3n) is 2.64. The normalized spacial score (nSPS) is 9.65. The van der Waals surface area contributed by atoms with Gasteiger partial charge < -0.3 is 5.32 Å². The van der Waals surface area contributed by atoms with Crippen LogP contribution in [-0.4, -0.2) is 4.98 Å². The van der Waals surface area contributed by atoms with Gasteiger partial charge in [0.05, 0.1) is 5.56 Å². The molecule has 1 aromatic heterocycles. The molecule has 0 aliphatic heterocycles. The number of nitrogens with one attached hydrogen (secondary N) is 1. The van der Waals surface area contributed by atoms with Gasteiger partial charge in [0.2, 0.25) is 0 Å². The summed E-state index contributed by atoms with van der Waals surface area (Å²) in [5.41, 5.74) is 3.01. The maximum Gasteiger partial charge on any atom is 0.144 e. The molecule has 0 spiro atoms. The molecule has 0 bridgehead atoms. The monoisotopic (exact) mass is 223 g/mol. The van der Waals surface area contributed by atoms with Crippen molar-refractivity contribution in [2.75, 3.05) is 5.32 Å². The summed E-state index contributed by atoms with van der Waals surface area (Å²) in [5, 5.41) is 12.1. The van der Waals surface area contributed by atoms with E-state index in [4.69, 9.17) is 5.26 Å². The zero-order chi connectivity index (χ0) is 12.1. The highest BCUT2D eigenvalue weighted by Gasteiger charge is 2.02. The highest BCUT2D eigenvalue weighted by molar-refractivity contribution is 5.51. The van der Waals surface area contributed by atoms with Crippen LogP contribution in [-0.2, 0) is 6.54 Å². The van der Waals surface area contributed by atoms with Gasteiger partial charge in [-0.15, -0.1) is 0 Å². The first-order valence-corrected chi connectivity index (χ1v) is 5.45. The Bertz CT molecular complexity index is 555. The highest BCUT2D eigenvalue weighted by Crippen LogP contribution is 2.13. The quantitative estimate of drug-likeness (QED) is 0.870. The van der Waals surface area contributed by atoms with Gasteiger partial charge in [-0.05, 0) is 30.2 Å². The molecule has 2 rings (SSSR count). The summed E-state index contributed by atoms with van der Waals surface area (Å²) in [4.78, 5) is 4.16. The van der Waals surface area contributed by atoms with Gasteiger partial charge in [-0.2, -0.15) is 5.26 Å². The van der Waals surface area contributed by atoms with Crippen molar-refractivity contribution in [1.82, 2.24) is 4.98 Å². The van der Waals surface area contributed by atoms with E-state index in [9.17, 15) is 0 Å². The van der Waals surface area contributed by atoms with Crippen molar-refractivity contribution < 1.29 is 0 Å². The topological polar surface area (TPSA) is 48.7 Å². The van der Waals surface area contributed by atoms with Crippen LogP contribution in [0.2, 0.25) is 0 Å². The minimum absolute atomic E-state index is 0.570. The van der Waals surface area contributed by atoms with Gasteiger partial charge in [-0.3, -0.25) is 0 Å². The molecule has 0 saturated heterocycles.